The molecule has 1 unspecified atom stereocenters. The number of halogens is 3. The number of alkyl halides is 3. The highest BCUT2D eigenvalue weighted by Crippen LogP contribution is 2.35. The van der Waals surface area contributed by atoms with Gasteiger partial charge in [0.05, 0.1) is 12.1 Å². The molecule has 1 aromatic carbocycles. The fraction of sp³-hybridized carbons (Fsp3) is 0.370. The summed E-state index contributed by atoms with van der Waals surface area (Å²) < 4.78 is 68.9. The summed E-state index contributed by atoms with van der Waals surface area (Å²) in [5, 5.41) is 11.1. The summed E-state index contributed by atoms with van der Waals surface area (Å²) in [7, 11) is -2.34. The van der Waals surface area contributed by atoms with Crippen molar-refractivity contribution in [1.29, 1.82) is 5.41 Å². The Morgan fingerprint density at radius 2 is 1.90 bits per heavy atom. The van der Waals surface area contributed by atoms with Crippen LogP contribution in [0, 0.1) is 19.3 Å². The highest BCUT2D eigenvalue weighted by Gasteiger charge is 2.38. The Morgan fingerprint density at radius 3 is 2.52 bits per heavy atom. The summed E-state index contributed by atoms with van der Waals surface area (Å²) in [4.78, 5) is 17.7. The first-order valence-corrected chi connectivity index (χ1v) is 14.1. The summed E-state index contributed by atoms with van der Waals surface area (Å²) in [6, 6.07) is 9.06. The van der Waals surface area contributed by atoms with Crippen molar-refractivity contribution in [3.63, 3.8) is 0 Å². The van der Waals surface area contributed by atoms with Gasteiger partial charge in [0.25, 0.3) is 15.6 Å². The molecule has 13 heteroatoms. The molecule has 3 aromatic rings. The molecular weight excluding hydrogens is 545 g/mol. The van der Waals surface area contributed by atoms with Gasteiger partial charge in [-0.3, -0.25) is 9.69 Å². The van der Waals surface area contributed by atoms with Crippen LogP contribution in [0.1, 0.15) is 34.7 Å². The summed E-state index contributed by atoms with van der Waals surface area (Å²) >= 11 is 0. The first-order chi connectivity index (χ1) is 18.8. The summed E-state index contributed by atoms with van der Waals surface area (Å²) in [6.07, 6.45) is -1.25. The first-order valence-electron chi connectivity index (χ1n) is 12.6. The van der Waals surface area contributed by atoms with Crippen LogP contribution in [-0.4, -0.2) is 65.7 Å². The van der Waals surface area contributed by atoms with Crippen molar-refractivity contribution < 1.29 is 21.6 Å². The fourth-order valence-electron chi connectivity index (χ4n) is 4.91. The number of nitrogens with zero attached hydrogens (tertiary/aromatic N) is 4. The predicted molar refractivity (Wildman–Crippen MR) is 147 cm³/mol. The number of nitrogens with one attached hydrogen (secondary N) is 2. The lowest BCUT2D eigenvalue weighted by molar-refractivity contribution is -0.140. The molecule has 1 aliphatic heterocycles. The zero-order valence-electron chi connectivity index (χ0n) is 22.4. The molecule has 1 aliphatic rings. The zero-order valence-corrected chi connectivity index (χ0v) is 23.2. The van der Waals surface area contributed by atoms with Crippen LogP contribution in [0.25, 0.3) is 0 Å². The Labute approximate surface area is 230 Å². The lowest BCUT2D eigenvalue weighted by Gasteiger charge is -2.41. The van der Waals surface area contributed by atoms with Gasteiger partial charge in [0, 0.05) is 74.7 Å². The molecule has 0 bridgehead atoms. The van der Waals surface area contributed by atoms with E-state index >= 15 is 0 Å². The molecule has 2 aromatic heterocycles. The van der Waals surface area contributed by atoms with E-state index in [4.69, 9.17) is 5.41 Å². The standard InChI is InChI=1S/C27H31F3N6O3S/c1-18-13-23(33-21-12-19(2)26(37)34(3)16-21)20(15-31)14-22(18)24-17-36(11-10-35(24)9-7-27(28,29)30)40(38,39)25-6-4-5-8-32-25/h4-6,8,12-16,24,31,33H,7,9-11,17H2,1-3H3. The molecule has 1 atom stereocenters. The number of hydrogen-bond acceptors (Lipinski definition) is 7. The summed E-state index contributed by atoms with van der Waals surface area (Å²) in [5.74, 6) is 0. The van der Waals surface area contributed by atoms with Gasteiger partial charge in [0.1, 0.15) is 0 Å². The predicted octanol–water partition coefficient (Wildman–Crippen LogP) is 4.14. The fourth-order valence-corrected chi connectivity index (χ4v) is 6.28. The highest BCUT2D eigenvalue weighted by atomic mass is 32.2. The lowest BCUT2D eigenvalue weighted by Crippen LogP contribution is -2.51. The maximum atomic E-state index is 13.3. The molecular formula is C27H31F3N6O3S. The number of hydrogen-bond donors (Lipinski definition) is 2. The molecule has 214 valence electrons. The molecule has 0 amide bonds. The van der Waals surface area contributed by atoms with E-state index in [-0.39, 0.29) is 36.8 Å². The lowest BCUT2D eigenvalue weighted by atomic mass is 9.94. The average molecular weight is 577 g/mol. The van der Waals surface area contributed by atoms with Gasteiger partial charge in [0.2, 0.25) is 0 Å². The second-order valence-electron chi connectivity index (χ2n) is 9.84. The Balaban J connectivity index is 1.71. The minimum Gasteiger partial charge on any atom is -0.354 e. The molecule has 1 saturated heterocycles. The zero-order chi connectivity index (χ0) is 29.2. The number of anilines is 2. The van der Waals surface area contributed by atoms with Gasteiger partial charge in [-0.2, -0.15) is 17.5 Å². The Kier molecular flexibility index (Phi) is 8.47. The van der Waals surface area contributed by atoms with E-state index < -0.39 is 28.7 Å². The molecule has 9 nitrogen and oxygen atoms in total. The van der Waals surface area contributed by atoms with Crippen molar-refractivity contribution in [2.75, 3.05) is 31.5 Å². The van der Waals surface area contributed by atoms with Crippen molar-refractivity contribution >= 4 is 27.6 Å². The summed E-state index contributed by atoms with van der Waals surface area (Å²) in [5.41, 5.74) is 3.42. The Bertz CT molecular complexity index is 1530. The van der Waals surface area contributed by atoms with Crippen molar-refractivity contribution in [3.05, 3.63) is 81.4 Å². The minimum atomic E-state index is -4.36. The number of aromatic nitrogens is 2. The van der Waals surface area contributed by atoms with Gasteiger partial charge in [-0.1, -0.05) is 6.07 Å². The van der Waals surface area contributed by atoms with Crippen LogP contribution >= 0.6 is 0 Å². The molecule has 1 fully saturated rings. The third-order valence-corrected chi connectivity index (χ3v) is 8.75. The quantitative estimate of drug-likeness (QED) is 0.390. The molecule has 0 aliphatic carbocycles. The number of pyridine rings is 2. The minimum absolute atomic E-state index is 0.0233. The third-order valence-electron chi connectivity index (χ3n) is 6.97. The van der Waals surface area contributed by atoms with E-state index in [0.717, 1.165) is 6.21 Å². The van der Waals surface area contributed by atoms with Crippen LogP contribution in [0.15, 0.2) is 58.6 Å². The van der Waals surface area contributed by atoms with E-state index in [2.05, 4.69) is 10.3 Å². The number of benzene rings is 1. The average Bonchev–Trinajstić information content (AvgIpc) is 2.90. The summed E-state index contributed by atoms with van der Waals surface area (Å²) in [6.45, 7) is 3.26. The van der Waals surface area contributed by atoms with Crippen molar-refractivity contribution in [1.82, 2.24) is 18.8 Å². The van der Waals surface area contributed by atoms with E-state index in [1.807, 2.05) is 0 Å². The topological polar surface area (TPSA) is 111 Å². The molecule has 0 radical (unpaired) electrons. The van der Waals surface area contributed by atoms with Crippen molar-refractivity contribution in [3.8, 4) is 0 Å². The van der Waals surface area contributed by atoms with Crippen LogP contribution in [-0.2, 0) is 17.1 Å². The van der Waals surface area contributed by atoms with Crippen molar-refractivity contribution in [2.24, 2.45) is 7.05 Å². The third kappa shape index (κ3) is 6.43. The molecule has 40 heavy (non-hydrogen) atoms. The molecule has 4 rings (SSSR count). The molecule has 0 spiro atoms. The molecule has 3 heterocycles. The van der Waals surface area contributed by atoms with Gasteiger partial charge < -0.3 is 15.3 Å². The SMILES string of the molecule is Cc1cc(Nc2cc(C)c(=O)n(C)c2)c(C=N)cc1C1CN(S(=O)(=O)c2ccccn2)CCN1CCC(F)(F)F. The van der Waals surface area contributed by atoms with Gasteiger partial charge in [0.15, 0.2) is 5.03 Å². The van der Waals surface area contributed by atoms with Gasteiger partial charge in [-0.05, 0) is 55.3 Å². The molecule has 0 saturated carbocycles. The second kappa shape index (κ2) is 11.5. The van der Waals surface area contributed by atoms with E-state index in [1.54, 1.807) is 62.3 Å². The maximum Gasteiger partial charge on any atom is 0.390 e. The second-order valence-corrected chi connectivity index (χ2v) is 11.7. The van der Waals surface area contributed by atoms with Crippen LogP contribution in [0.4, 0.5) is 24.5 Å². The van der Waals surface area contributed by atoms with Crippen LogP contribution in [0.3, 0.4) is 0 Å². The Hall–Kier alpha value is -3.55. The monoisotopic (exact) mass is 576 g/mol. The molecule has 2 N–H and O–H groups in total. The van der Waals surface area contributed by atoms with Gasteiger partial charge in [-0.25, -0.2) is 13.4 Å². The number of rotatable bonds is 8. The smallest absolute Gasteiger partial charge is 0.354 e. The van der Waals surface area contributed by atoms with E-state index in [1.165, 1.54) is 21.1 Å². The van der Waals surface area contributed by atoms with Crippen LogP contribution in [0.5, 0.6) is 0 Å². The number of aryl methyl sites for hydroxylation is 3. The maximum absolute atomic E-state index is 13.3. The first kappa shape index (κ1) is 29.4. The number of sulfonamides is 1. The van der Waals surface area contributed by atoms with E-state index in [0.29, 0.717) is 33.6 Å². The van der Waals surface area contributed by atoms with Crippen molar-refractivity contribution in [2.45, 2.75) is 37.5 Å². The Morgan fingerprint density at radius 1 is 1.15 bits per heavy atom. The number of piperazine rings is 1. The largest absolute Gasteiger partial charge is 0.390 e. The van der Waals surface area contributed by atoms with Crippen LogP contribution in [0.2, 0.25) is 0 Å². The normalized spacial score (nSPS) is 17.1. The van der Waals surface area contributed by atoms with Crippen LogP contribution < -0.4 is 10.9 Å². The van der Waals surface area contributed by atoms with E-state index in [9.17, 15) is 26.4 Å². The van der Waals surface area contributed by atoms with Gasteiger partial charge >= 0.3 is 6.18 Å². The highest BCUT2D eigenvalue weighted by molar-refractivity contribution is 7.89. The van der Waals surface area contributed by atoms with Gasteiger partial charge in [-0.15, -0.1) is 0 Å².